The van der Waals surface area contributed by atoms with Crippen LogP contribution in [0, 0.1) is 11.8 Å². The third-order valence-electron chi connectivity index (χ3n) is 3.14. The quantitative estimate of drug-likeness (QED) is 0.681. The summed E-state index contributed by atoms with van der Waals surface area (Å²) in [6, 6.07) is 7.66. The predicted molar refractivity (Wildman–Crippen MR) is 81.1 cm³/mol. The number of hydrogen-bond donors (Lipinski definition) is 1. The fraction of sp³-hybridized carbons (Fsp3) is 0.471. The molecule has 1 N–H and O–H groups in total. The average molecular weight is 287 g/mol. The molecule has 0 aliphatic carbocycles. The molecule has 0 bridgehead atoms. The van der Waals surface area contributed by atoms with Crippen molar-refractivity contribution < 1.29 is 14.3 Å². The second kappa shape index (κ2) is 8.33. The van der Waals surface area contributed by atoms with Gasteiger partial charge in [0.05, 0.1) is 6.54 Å². The Balaban J connectivity index is 1.85. The Morgan fingerprint density at radius 3 is 3.14 bits per heavy atom. The number of hydrogen-bond acceptors (Lipinski definition) is 3. The van der Waals surface area contributed by atoms with Gasteiger partial charge in [-0.05, 0) is 37.5 Å². The van der Waals surface area contributed by atoms with Crippen molar-refractivity contribution in [2.45, 2.75) is 32.3 Å². The van der Waals surface area contributed by atoms with E-state index in [1.54, 1.807) is 0 Å². The molecule has 0 radical (unpaired) electrons. The molecular formula is C17H21NO3. The summed E-state index contributed by atoms with van der Waals surface area (Å²) in [4.78, 5) is 10.7. The molecule has 21 heavy (non-hydrogen) atoms. The minimum absolute atomic E-state index is 0.0503. The van der Waals surface area contributed by atoms with Gasteiger partial charge in [-0.2, -0.15) is 0 Å². The zero-order chi connectivity index (χ0) is 14.9. The van der Waals surface area contributed by atoms with Gasteiger partial charge in [0, 0.05) is 19.1 Å². The van der Waals surface area contributed by atoms with Crippen molar-refractivity contribution in [2.24, 2.45) is 0 Å². The molecule has 4 nitrogen and oxygen atoms in total. The third-order valence-corrected chi connectivity index (χ3v) is 3.14. The molecule has 4 heteroatoms. The monoisotopic (exact) mass is 287 g/mol. The van der Waals surface area contributed by atoms with E-state index in [9.17, 15) is 4.79 Å². The van der Waals surface area contributed by atoms with Gasteiger partial charge in [0.1, 0.15) is 18.5 Å². The topological polar surface area (TPSA) is 47.6 Å². The maximum absolute atomic E-state index is 10.7. The highest BCUT2D eigenvalue weighted by Crippen LogP contribution is 2.14. The maximum atomic E-state index is 10.7. The number of rotatable bonds is 4. The Kier molecular flexibility index (Phi) is 6.11. The molecule has 0 spiro atoms. The van der Waals surface area contributed by atoms with Gasteiger partial charge in [0.25, 0.3) is 0 Å². The Morgan fingerprint density at radius 2 is 2.38 bits per heavy atom. The number of nitrogens with one attached hydrogen (secondary N) is 1. The summed E-state index contributed by atoms with van der Waals surface area (Å²) in [5.74, 6) is 7.01. The van der Waals surface area contributed by atoms with Gasteiger partial charge in [-0.1, -0.05) is 17.9 Å². The van der Waals surface area contributed by atoms with E-state index in [2.05, 4.69) is 17.2 Å². The molecule has 1 atom stereocenters. The lowest BCUT2D eigenvalue weighted by molar-refractivity contribution is -0.119. The summed E-state index contributed by atoms with van der Waals surface area (Å²) >= 11 is 0. The van der Waals surface area contributed by atoms with Crippen LogP contribution in [-0.2, 0) is 9.53 Å². The summed E-state index contributed by atoms with van der Waals surface area (Å²) < 4.78 is 11.2. The number of benzene rings is 1. The fourth-order valence-electron chi connectivity index (χ4n) is 2.08. The van der Waals surface area contributed by atoms with Crippen LogP contribution in [0.25, 0.3) is 0 Å². The molecule has 1 saturated heterocycles. The first-order chi connectivity index (χ1) is 10.2. The van der Waals surface area contributed by atoms with Gasteiger partial charge in [-0.3, -0.25) is 4.79 Å². The van der Waals surface area contributed by atoms with Crippen molar-refractivity contribution >= 4 is 5.91 Å². The largest absolute Gasteiger partial charge is 0.492 e. The van der Waals surface area contributed by atoms with Crippen LogP contribution in [0.5, 0.6) is 5.75 Å². The van der Waals surface area contributed by atoms with Gasteiger partial charge < -0.3 is 14.8 Å². The summed E-state index contributed by atoms with van der Waals surface area (Å²) in [6.07, 6.45) is 3.39. The number of ether oxygens (including phenoxy) is 2. The number of carbonyl (C=O) groups excluding carboxylic acids is 1. The average Bonchev–Trinajstić information content (AvgIpc) is 2.51. The molecule has 0 saturated carbocycles. The van der Waals surface area contributed by atoms with Crippen molar-refractivity contribution in [1.82, 2.24) is 5.32 Å². The Morgan fingerprint density at radius 1 is 1.48 bits per heavy atom. The standard InChI is InChI=1S/C17H21NO3/c1-14(19)18-10-12-21-17-7-4-5-15(13-17)8-9-16-6-2-3-11-20-16/h4-5,7,13,16H,2-3,6,10-12H2,1H3,(H,18,19). The van der Waals surface area contributed by atoms with Crippen LogP contribution in [0.4, 0.5) is 0 Å². The zero-order valence-corrected chi connectivity index (χ0v) is 12.4. The molecule has 112 valence electrons. The fourth-order valence-corrected chi connectivity index (χ4v) is 2.08. The summed E-state index contributed by atoms with van der Waals surface area (Å²) in [5, 5.41) is 2.69. The minimum atomic E-state index is -0.0503. The van der Waals surface area contributed by atoms with E-state index in [-0.39, 0.29) is 12.0 Å². The lowest BCUT2D eigenvalue weighted by atomic mass is 10.1. The van der Waals surface area contributed by atoms with Crippen LogP contribution in [0.2, 0.25) is 0 Å². The van der Waals surface area contributed by atoms with E-state index in [1.165, 1.54) is 13.3 Å². The van der Waals surface area contributed by atoms with Crippen LogP contribution < -0.4 is 10.1 Å². The van der Waals surface area contributed by atoms with E-state index in [4.69, 9.17) is 9.47 Å². The van der Waals surface area contributed by atoms with Gasteiger partial charge in [0.2, 0.25) is 5.91 Å². The van der Waals surface area contributed by atoms with Crippen molar-refractivity contribution in [3.8, 4) is 17.6 Å². The molecule has 1 unspecified atom stereocenters. The zero-order valence-electron chi connectivity index (χ0n) is 12.4. The normalized spacial score (nSPS) is 17.5. The Labute approximate surface area is 125 Å². The molecule has 1 aliphatic rings. The van der Waals surface area contributed by atoms with Crippen molar-refractivity contribution in [1.29, 1.82) is 0 Å². The smallest absolute Gasteiger partial charge is 0.216 e. The van der Waals surface area contributed by atoms with E-state index < -0.39 is 0 Å². The molecule has 1 aliphatic heterocycles. The van der Waals surface area contributed by atoms with Gasteiger partial charge >= 0.3 is 0 Å². The van der Waals surface area contributed by atoms with E-state index >= 15 is 0 Å². The minimum Gasteiger partial charge on any atom is -0.492 e. The second-order valence-corrected chi connectivity index (χ2v) is 4.98. The second-order valence-electron chi connectivity index (χ2n) is 4.98. The van der Waals surface area contributed by atoms with Crippen LogP contribution in [0.1, 0.15) is 31.7 Å². The predicted octanol–water partition coefficient (Wildman–Crippen LogP) is 2.12. The number of amides is 1. The first-order valence-corrected chi connectivity index (χ1v) is 7.34. The van der Waals surface area contributed by atoms with Crippen LogP contribution in [0.3, 0.4) is 0 Å². The Hall–Kier alpha value is -1.99. The van der Waals surface area contributed by atoms with Gasteiger partial charge in [0.15, 0.2) is 0 Å². The maximum Gasteiger partial charge on any atom is 0.216 e. The molecular weight excluding hydrogens is 266 g/mol. The van der Waals surface area contributed by atoms with E-state index in [0.29, 0.717) is 13.2 Å². The molecule has 1 heterocycles. The molecule has 1 aromatic rings. The lowest BCUT2D eigenvalue weighted by Crippen LogP contribution is -2.25. The van der Waals surface area contributed by atoms with Crippen LogP contribution in [0.15, 0.2) is 24.3 Å². The third kappa shape index (κ3) is 5.88. The SMILES string of the molecule is CC(=O)NCCOc1cccc(C#CC2CCCCO2)c1. The summed E-state index contributed by atoms with van der Waals surface area (Å²) in [7, 11) is 0. The van der Waals surface area contributed by atoms with Crippen molar-refractivity contribution in [3.63, 3.8) is 0 Å². The highest BCUT2D eigenvalue weighted by atomic mass is 16.5. The van der Waals surface area contributed by atoms with Crippen molar-refractivity contribution in [2.75, 3.05) is 19.8 Å². The van der Waals surface area contributed by atoms with Crippen LogP contribution in [-0.4, -0.2) is 31.8 Å². The van der Waals surface area contributed by atoms with E-state index in [1.807, 2.05) is 24.3 Å². The summed E-state index contributed by atoms with van der Waals surface area (Å²) in [5.41, 5.74) is 0.918. The van der Waals surface area contributed by atoms with Crippen molar-refractivity contribution in [3.05, 3.63) is 29.8 Å². The highest BCUT2D eigenvalue weighted by molar-refractivity contribution is 5.72. The number of carbonyl (C=O) groups is 1. The first kappa shape index (κ1) is 15.4. The lowest BCUT2D eigenvalue weighted by Gasteiger charge is -2.17. The molecule has 1 aromatic carbocycles. The molecule has 0 aromatic heterocycles. The molecule has 1 fully saturated rings. The van der Waals surface area contributed by atoms with Crippen LogP contribution >= 0.6 is 0 Å². The van der Waals surface area contributed by atoms with Gasteiger partial charge in [-0.25, -0.2) is 0 Å². The Bertz CT molecular complexity index is 524. The first-order valence-electron chi connectivity index (χ1n) is 7.34. The van der Waals surface area contributed by atoms with Gasteiger partial charge in [-0.15, -0.1) is 0 Å². The molecule has 2 rings (SSSR count). The summed E-state index contributed by atoms with van der Waals surface area (Å²) in [6.45, 7) is 3.25. The highest BCUT2D eigenvalue weighted by Gasteiger charge is 2.09. The molecule has 1 amide bonds. The van der Waals surface area contributed by atoms with E-state index in [0.717, 1.165) is 30.8 Å².